The molecule has 2 amide bonds. The minimum absolute atomic E-state index is 0.0554. The van der Waals surface area contributed by atoms with E-state index in [9.17, 15) is 9.59 Å². The average molecular weight is 368 g/mol. The summed E-state index contributed by atoms with van der Waals surface area (Å²) in [5, 5.41) is 7.44. The molecule has 2 heterocycles. The van der Waals surface area contributed by atoms with Crippen molar-refractivity contribution in [2.75, 3.05) is 0 Å². The summed E-state index contributed by atoms with van der Waals surface area (Å²) in [6, 6.07) is 7.12. The van der Waals surface area contributed by atoms with E-state index in [2.05, 4.69) is 24.3 Å². The lowest BCUT2D eigenvalue weighted by molar-refractivity contribution is -0.126. The van der Waals surface area contributed by atoms with Gasteiger partial charge in [-0.1, -0.05) is 32.0 Å². The van der Waals surface area contributed by atoms with E-state index < -0.39 is 6.04 Å². The lowest BCUT2D eigenvalue weighted by atomic mass is 10.0. The van der Waals surface area contributed by atoms with Gasteiger partial charge in [0.25, 0.3) is 5.91 Å². The number of fused-ring (bicyclic) bond motifs is 1. The van der Waals surface area contributed by atoms with Crippen molar-refractivity contribution in [3.8, 4) is 0 Å². The molecular weight excluding hydrogens is 340 g/mol. The summed E-state index contributed by atoms with van der Waals surface area (Å²) in [7, 11) is 1.90. The van der Waals surface area contributed by atoms with Gasteiger partial charge in [-0.3, -0.25) is 14.3 Å². The Hall–Kier alpha value is -2.63. The highest BCUT2D eigenvalue weighted by Crippen LogP contribution is 2.27. The van der Waals surface area contributed by atoms with E-state index in [0.717, 1.165) is 22.5 Å². The molecule has 6 nitrogen and oxygen atoms in total. The number of hydrogen-bond acceptors (Lipinski definition) is 3. The molecule has 1 aromatic heterocycles. The van der Waals surface area contributed by atoms with Crippen LogP contribution < -0.4 is 5.32 Å². The third kappa shape index (κ3) is 3.75. The van der Waals surface area contributed by atoms with Gasteiger partial charge in [0.2, 0.25) is 5.91 Å². The van der Waals surface area contributed by atoms with Gasteiger partial charge in [-0.15, -0.1) is 0 Å². The van der Waals surface area contributed by atoms with Crippen LogP contribution in [0, 0.1) is 19.8 Å². The van der Waals surface area contributed by atoms with Crippen molar-refractivity contribution in [1.29, 1.82) is 0 Å². The second-order valence-corrected chi connectivity index (χ2v) is 7.73. The molecule has 1 aliphatic rings. The number of aryl methyl sites for hydroxylation is 2. The van der Waals surface area contributed by atoms with Gasteiger partial charge < -0.3 is 10.2 Å². The minimum atomic E-state index is -0.470. The Morgan fingerprint density at radius 3 is 2.56 bits per heavy atom. The standard InChI is InChI=1S/C21H28N4O2/c1-13(2)10-19(25-12-16-8-6-7-9-17(16)21(25)27)20(26)22-11-18-14(3)23-24(5)15(18)4/h6-9,13,19H,10-12H2,1-5H3,(H,22,26)/t19-/m0/s1. The van der Waals surface area contributed by atoms with Gasteiger partial charge in [0.05, 0.1) is 5.69 Å². The number of carbonyl (C=O) groups is 2. The van der Waals surface area contributed by atoms with Gasteiger partial charge in [-0.2, -0.15) is 5.10 Å². The normalized spacial score (nSPS) is 14.6. The second kappa shape index (κ2) is 7.55. The summed E-state index contributed by atoms with van der Waals surface area (Å²) in [4.78, 5) is 27.6. The maximum atomic E-state index is 13.0. The summed E-state index contributed by atoms with van der Waals surface area (Å²) in [6.07, 6.45) is 0.635. The molecule has 1 aromatic carbocycles. The lowest BCUT2D eigenvalue weighted by Crippen LogP contribution is -2.47. The summed E-state index contributed by atoms with van der Waals surface area (Å²) >= 11 is 0. The number of amides is 2. The molecule has 0 aliphatic carbocycles. The Labute approximate surface area is 160 Å². The van der Waals surface area contributed by atoms with E-state index in [0.29, 0.717) is 31.0 Å². The molecule has 1 atom stereocenters. The van der Waals surface area contributed by atoms with Crippen molar-refractivity contribution in [2.45, 2.75) is 53.2 Å². The van der Waals surface area contributed by atoms with Crippen LogP contribution in [0.2, 0.25) is 0 Å². The van der Waals surface area contributed by atoms with Crippen LogP contribution in [0.25, 0.3) is 0 Å². The first-order chi connectivity index (χ1) is 12.8. The first-order valence-corrected chi connectivity index (χ1v) is 9.45. The molecule has 0 saturated heterocycles. The number of carbonyl (C=O) groups excluding carboxylic acids is 2. The molecule has 1 aliphatic heterocycles. The molecule has 0 unspecified atom stereocenters. The third-order valence-corrected chi connectivity index (χ3v) is 5.32. The average Bonchev–Trinajstić information content (AvgIpc) is 3.07. The molecule has 0 spiro atoms. The zero-order chi connectivity index (χ0) is 19.7. The highest BCUT2D eigenvalue weighted by molar-refractivity contribution is 6.01. The van der Waals surface area contributed by atoms with Crippen LogP contribution in [0.5, 0.6) is 0 Å². The molecule has 3 rings (SSSR count). The van der Waals surface area contributed by atoms with Crippen LogP contribution in [0.4, 0.5) is 0 Å². The molecule has 1 N–H and O–H groups in total. The van der Waals surface area contributed by atoms with Crippen molar-refractivity contribution >= 4 is 11.8 Å². The SMILES string of the molecule is Cc1nn(C)c(C)c1CNC(=O)[C@H](CC(C)C)N1Cc2ccccc2C1=O. The summed E-state index contributed by atoms with van der Waals surface area (Å²) in [5.74, 6) is 0.145. The van der Waals surface area contributed by atoms with Crippen LogP contribution in [0.3, 0.4) is 0 Å². The highest BCUT2D eigenvalue weighted by Gasteiger charge is 2.36. The zero-order valence-electron chi connectivity index (χ0n) is 16.7. The summed E-state index contributed by atoms with van der Waals surface area (Å²) < 4.78 is 1.82. The maximum Gasteiger partial charge on any atom is 0.255 e. The van der Waals surface area contributed by atoms with Crippen LogP contribution in [0.15, 0.2) is 24.3 Å². The van der Waals surface area contributed by atoms with Gasteiger partial charge in [0.15, 0.2) is 0 Å². The summed E-state index contributed by atoms with van der Waals surface area (Å²) in [5.41, 5.74) is 4.68. The molecule has 0 radical (unpaired) electrons. The first kappa shape index (κ1) is 19.1. The Morgan fingerprint density at radius 2 is 1.96 bits per heavy atom. The van der Waals surface area contributed by atoms with Gasteiger partial charge in [0.1, 0.15) is 6.04 Å². The van der Waals surface area contributed by atoms with Crippen molar-refractivity contribution in [1.82, 2.24) is 20.0 Å². The fourth-order valence-electron chi connectivity index (χ4n) is 3.72. The van der Waals surface area contributed by atoms with Crippen molar-refractivity contribution in [3.05, 3.63) is 52.3 Å². The van der Waals surface area contributed by atoms with Gasteiger partial charge in [0, 0.05) is 37.0 Å². The van der Waals surface area contributed by atoms with E-state index in [1.165, 1.54) is 0 Å². The fraction of sp³-hybridized carbons (Fsp3) is 0.476. The number of hydrogen-bond donors (Lipinski definition) is 1. The van der Waals surface area contributed by atoms with Crippen LogP contribution in [0.1, 0.15) is 53.1 Å². The van der Waals surface area contributed by atoms with E-state index >= 15 is 0 Å². The molecule has 6 heteroatoms. The Kier molecular flexibility index (Phi) is 5.35. The predicted octanol–water partition coefficient (Wildman–Crippen LogP) is 2.72. The number of aromatic nitrogens is 2. The van der Waals surface area contributed by atoms with Gasteiger partial charge >= 0.3 is 0 Å². The predicted molar refractivity (Wildman–Crippen MR) is 104 cm³/mol. The number of nitrogens with one attached hydrogen (secondary N) is 1. The van der Waals surface area contributed by atoms with Crippen molar-refractivity contribution in [3.63, 3.8) is 0 Å². The van der Waals surface area contributed by atoms with Crippen molar-refractivity contribution in [2.24, 2.45) is 13.0 Å². The van der Waals surface area contributed by atoms with Gasteiger partial charge in [-0.05, 0) is 37.8 Å². The van der Waals surface area contributed by atoms with E-state index in [-0.39, 0.29) is 11.8 Å². The van der Waals surface area contributed by atoms with Crippen LogP contribution in [-0.4, -0.2) is 32.5 Å². The Morgan fingerprint density at radius 1 is 1.26 bits per heavy atom. The quantitative estimate of drug-likeness (QED) is 0.852. The van der Waals surface area contributed by atoms with E-state index in [1.807, 2.05) is 49.8 Å². The number of nitrogens with zero attached hydrogens (tertiary/aromatic N) is 3. The maximum absolute atomic E-state index is 13.0. The van der Waals surface area contributed by atoms with Crippen LogP contribution in [-0.2, 0) is 24.9 Å². The van der Waals surface area contributed by atoms with Gasteiger partial charge in [-0.25, -0.2) is 0 Å². The number of benzene rings is 1. The first-order valence-electron chi connectivity index (χ1n) is 9.45. The van der Waals surface area contributed by atoms with Crippen LogP contribution >= 0.6 is 0 Å². The third-order valence-electron chi connectivity index (χ3n) is 5.32. The zero-order valence-corrected chi connectivity index (χ0v) is 16.7. The smallest absolute Gasteiger partial charge is 0.255 e. The minimum Gasteiger partial charge on any atom is -0.350 e. The number of rotatable bonds is 6. The second-order valence-electron chi connectivity index (χ2n) is 7.73. The lowest BCUT2D eigenvalue weighted by Gasteiger charge is -2.28. The Bertz CT molecular complexity index is 869. The molecule has 27 heavy (non-hydrogen) atoms. The molecule has 0 bridgehead atoms. The molecule has 2 aromatic rings. The molecule has 144 valence electrons. The fourth-order valence-corrected chi connectivity index (χ4v) is 3.72. The molecule has 0 fully saturated rings. The molecule has 0 saturated carbocycles. The van der Waals surface area contributed by atoms with E-state index in [1.54, 1.807) is 4.90 Å². The largest absolute Gasteiger partial charge is 0.350 e. The highest BCUT2D eigenvalue weighted by atomic mass is 16.2. The van der Waals surface area contributed by atoms with Crippen molar-refractivity contribution < 1.29 is 9.59 Å². The monoisotopic (exact) mass is 368 g/mol. The Balaban J connectivity index is 1.77. The summed E-state index contributed by atoms with van der Waals surface area (Å²) in [6.45, 7) is 9.00. The van der Waals surface area contributed by atoms with E-state index in [4.69, 9.17) is 0 Å². The topological polar surface area (TPSA) is 67.2 Å². The molecular formula is C21H28N4O2.